The van der Waals surface area contributed by atoms with Gasteiger partial charge in [-0.05, 0) is 59.9 Å². The Morgan fingerprint density at radius 1 is 1.07 bits per heavy atom. The van der Waals surface area contributed by atoms with Crippen molar-refractivity contribution in [3.05, 3.63) is 59.2 Å². The fourth-order valence-electron chi connectivity index (χ4n) is 2.66. The van der Waals surface area contributed by atoms with Crippen LogP contribution in [-0.4, -0.2) is 19.7 Å². The molecule has 2 aromatic carbocycles. The number of carbonyl (C=O) groups is 1. The third-order valence-electron chi connectivity index (χ3n) is 3.90. The largest absolute Gasteiger partial charge is 0.493 e. The lowest BCUT2D eigenvalue weighted by molar-refractivity contribution is -0.128. The van der Waals surface area contributed by atoms with Gasteiger partial charge in [0.15, 0.2) is 11.5 Å². The van der Waals surface area contributed by atoms with E-state index < -0.39 is 12.6 Å². The van der Waals surface area contributed by atoms with E-state index in [1.54, 1.807) is 6.07 Å². The minimum atomic E-state index is -2.94. The van der Waals surface area contributed by atoms with Gasteiger partial charge in [-0.1, -0.05) is 26.0 Å². The summed E-state index contributed by atoms with van der Waals surface area (Å²) in [4.78, 5) is 12.0. The first-order valence-corrected chi connectivity index (χ1v) is 8.43. The SMILES string of the molecule is COc1cc(/C=C/C(=O)Oc2ccc(C(C)C)c(C)c2)ccc1OC(F)F. The highest BCUT2D eigenvalue weighted by atomic mass is 19.3. The van der Waals surface area contributed by atoms with Crippen molar-refractivity contribution in [2.75, 3.05) is 7.11 Å². The highest BCUT2D eigenvalue weighted by molar-refractivity contribution is 5.88. The first-order chi connectivity index (χ1) is 12.8. The second-order valence-corrected chi connectivity index (χ2v) is 6.22. The zero-order valence-electron chi connectivity index (χ0n) is 15.7. The molecule has 0 atom stereocenters. The number of methoxy groups -OCH3 is 1. The molecule has 0 aliphatic carbocycles. The summed E-state index contributed by atoms with van der Waals surface area (Å²) >= 11 is 0. The fourth-order valence-corrected chi connectivity index (χ4v) is 2.66. The number of carbonyl (C=O) groups excluding carboxylic acids is 1. The third kappa shape index (κ3) is 5.81. The van der Waals surface area contributed by atoms with Crippen molar-refractivity contribution in [1.29, 1.82) is 0 Å². The van der Waals surface area contributed by atoms with Crippen LogP contribution in [0.1, 0.15) is 36.5 Å². The van der Waals surface area contributed by atoms with Gasteiger partial charge < -0.3 is 14.2 Å². The molecule has 27 heavy (non-hydrogen) atoms. The lowest BCUT2D eigenvalue weighted by Gasteiger charge is -2.11. The maximum atomic E-state index is 12.3. The van der Waals surface area contributed by atoms with Crippen LogP contribution in [0.3, 0.4) is 0 Å². The standard InChI is InChI=1S/C21H22F2O4/c1-13(2)17-8-7-16(11-14(17)3)26-20(24)10-6-15-5-9-18(27-21(22)23)19(12-15)25-4/h5-13,21H,1-4H3/b10-6+. The maximum Gasteiger partial charge on any atom is 0.387 e. The second kappa shape index (κ2) is 9.16. The maximum absolute atomic E-state index is 12.3. The van der Waals surface area contributed by atoms with Crippen molar-refractivity contribution in [2.45, 2.75) is 33.3 Å². The van der Waals surface area contributed by atoms with Crippen molar-refractivity contribution in [1.82, 2.24) is 0 Å². The molecule has 0 amide bonds. The Balaban J connectivity index is 2.07. The summed E-state index contributed by atoms with van der Waals surface area (Å²) in [6, 6.07) is 9.89. The van der Waals surface area contributed by atoms with Crippen molar-refractivity contribution in [2.24, 2.45) is 0 Å². The van der Waals surface area contributed by atoms with Crippen LogP contribution in [0.2, 0.25) is 0 Å². The molecule has 144 valence electrons. The van der Waals surface area contributed by atoms with Crippen LogP contribution in [0.5, 0.6) is 17.2 Å². The van der Waals surface area contributed by atoms with Crippen LogP contribution in [0.15, 0.2) is 42.5 Å². The average molecular weight is 376 g/mol. The summed E-state index contributed by atoms with van der Waals surface area (Å²) in [6.45, 7) is 3.23. The van der Waals surface area contributed by atoms with E-state index in [0.717, 1.165) is 5.56 Å². The minimum absolute atomic E-state index is 0.0760. The number of alkyl halides is 2. The molecule has 0 aliphatic heterocycles. The average Bonchev–Trinajstić information content (AvgIpc) is 2.60. The molecule has 0 N–H and O–H groups in total. The molecule has 0 bridgehead atoms. The first-order valence-electron chi connectivity index (χ1n) is 8.43. The molecule has 0 aliphatic rings. The van der Waals surface area contributed by atoms with Gasteiger partial charge in [0.05, 0.1) is 7.11 Å². The lowest BCUT2D eigenvalue weighted by atomic mass is 9.98. The first kappa shape index (κ1) is 20.4. The zero-order chi connectivity index (χ0) is 20.0. The van der Waals surface area contributed by atoms with Gasteiger partial charge in [0.2, 0.25) is 0 Å². The summed E-state index contributed by atoms with van der Waals surface area (Å²) in [5.74, 6) is 0.378. The molecule has 4 nitrogen and oxygen atoms in total. The van der Waals surface area contributed by atoms with Gasteiger partial charge in [0, 0.05) is 6.08 Å². The summed E-state index contributed by atoms with van der Waals surface area (Å²) in [5, 5.41) is 0. The zero-order valence-corrected chi connectivity index (χ0v) is 15.7. The highest BCUT2D eigenvalue weighted by Gasteiger charge is 2.11. The smallest absolute Gasteiger partial charge is 0.387 e. The number of aryl methyl sites for hydroxylation is 1. The topological polar surface area (TPSA) is 44.8 Å². The quantitative estimate of drug-likeness (QED) is 0.371. The van der Waals surface area contributed by atoms with Crippen LogP contribution in [0.25, 0.3) is 6.08 Å². The Labute approximate surface area is 157 Å². The second-order valence-electron chi connectivity index (χ2n) is 6.22. The van der Waals surface area contributed by atoms with Crippen molar-refractivity contribution in [3.8, 4) is 17.2 Å². The number of rotatable bonds is 7. The van der Waals surface area contributed by atoms with Gasteiger partial charge in [-0.2, -0.15) is 8.78 Å². The third-order valence-corrected chi connectivity index (χ3v) is 3.90. The van der Waals surface area contributed by atoms with E-state index in [1.807, 2.05) is 19.1 Å². The number of hydrogen-bond donors (Lipinski definition) is 0. The van der Waals surface area contributed by atoms with Crippen molar-refractivity contribution in [3.63, 3.8) is 0 Å². The molecule has 0 radical (unpaired) electrons. The summed E-state index contributed by atoms with van der Waals surface area (Å²) in [6.07, 6.45) is 2.76. The van der Waals surface area contributed by atoms with E-state index in [2.05, 4.69) is 18.6 Å². The molecule has 0 saturated heterocycles. The molecule has 0 fully saturated rings. The van der Waals surface area contributed by atoms with Gasteiger partial charge >= 0.3 is 12.6 Å². The molecular formula is C21H22F2O4. The van der Waals surface area contributed by atoms with Crippen molar-refractivity contribution >= 4 is 12.0 Å². The number of ether oxygens (including phenoxy) is 3. The Bertz CT molecular complexity index is 829. The molecule has 0 aromatic heterocycles. The van der Waals surface area contributed by atoms with E-state index in [0.29, 0.717) is 17.2 Å². The molecule has 0 unspecified atom stereocenters. The minimum Gasteiger partial charge on any atom is -0.493 e. The van der Waals surface area contributed by atoms with Crippen LogP contribution in [-0.2, 0) is 4.79 Å². The van der Waals surface area contributed by atoms with Gasteiger partial charge in [-0.15, -0.1) is 0 Å². The van der Waals surface area contributed by atoms with Crippen molar-refractivity contribution < 1.29 is 27.8 Å². The number of esters is 1. The molecule has 2 rings (SSSR count). The summed E-state index contributed by atoms with van der Waals surface area (Å²) in [7, 11) is 1.35. The highest BCUT2D eigenvalue weighted by Crippen LogP contribution is 2.30. The van der Waals surface area contributed by atoms with E-state index >= 15 is 0 Å². The van der Waals surface area contributed by atoms with E-state index in [1.165, 1.54) is 43.0 Å². The van der Waals surface area contributed by atoms with E-state index in [-0.39, 0.29) is 11.5 Å². The predicted molar refractivity (Wildman–Crippen MR) is 99.6 cm³/mol. The lowest BCUT2D eigenvalue weighted by Crippen LogP contribution is -2.05. The van der Waals surface area contributed by atoms with Gasteiger partial charge in [0.1, 0.15) is 5.75 Å². The molecule has 6 heteroatoms. The molecule has 2 aromatic rings. The molecule has 0 heterocycles. The number of hydrogen-bond acceptors (Lipinski definition) is 4. The Morgan fingerprint density at radius 2 is 1.81 bits per heavy atom. The molecule has 0 spiro atoms. The molecule has 0 saturated carbocycles. The predicted octanol–water partition coefficient (Wildman–Crippen LogP) is 5.35. The van der Waals surface area contributed by atoms with Gasteiger partial charge in [0.25, 0.3) is 0 Å². The van der Waals surface area contributed by atoms with Crippen LogP contribution < -0.4 is 14.2 Å². The number of halogens is 2. The Hall–Kier alpha value is -2.89. The summed E-state index contributed by atoms with van der Waals surface area (Å²) in [5.41, 5.74) is 2.83. The normalized spacial score (nSPS) is 11.3. The van der Waals surface area contributed by atoms with Gasteiger partial charge in [-0.3, -0.25) is 0 Å². The molecular weight excluding hydrogens is 354 g/mol. The fraction of sp³-hybridized carbons (Fsp3) is 0.286. The monoisotopic (exact) mass is 376 g/mol. The number of benzene rings is 2. The van der Waals surface area contributed by atoms with Crippen LogP contribution in [0.4, 0.5) is 8.78 Å². The van der Waals surface area contributed by atoms with E-state index in [9.17, 15) is 13.6 Å². The Kier molecular flexibility index (Phi) is 6.93. The van der Waals surface area contributed by atoms with Crippen LogP contribution in [0, 0.1) is 6.92 Å². The Morgan fingerprint density at radius 3 is 2.41 bits per heavy atom. The van der Waals surface area contributed by atoms with Crippen LogP contribution >= 0.6 is 0 Å². The summed E-state index contributed by atoms with van der Waals surface area (Å²) < 4.78 is 39.4. The van der Waals surface area contributed by atoms with Gasteiger partial charge in [-0.25, -0.2) is 4.79 Å². The van der Waals surface area contributed by atoms with E-state index in [4.69, 9.17) is 9.47 Å².